The molecule has 2 aliphatic heterocycles. The minimum absolute atomic E-state index is 0.314. The largest absolute Gasteiger partial charge is 0.379 e. The molecule has 2 rings (SSSR count). The first-order valence-corrected chi connectivity index (χ1v) is 7.79. The number of piperazine rings is 1. The van der Waals surface area contributed by atoms with Crippen LogP contribution in [0.2, 0.25) is 0 Å². The average molecular weight is 269 g/mol. The molecule has 0 aromatic rings. The Morgan fingerprint density at radius 3 is 2.37 bits per heavy atom. The van der Waals surface area contributed by atoms with Crippen LogP contribution in [0.15, 0.2) is 0 Å². The predicted octanol–water partition coefficient (Wildman–Crippen LogP) is 1.03. The van der Waals surface area contributed by atoms with Crippen molar-refractivity contribution in [2.24, 2.45) is 5.92 Å². The molecule has 0 saturated carbocycles. The second-order valence-corrected chi connectivity index (χ2v) is 6.92. The van der Waals surface area contributed by atoms with Crippen molar-refractivity contribution in [3.05, 3.63) is 0 Å². The van der Waals surface area contributed by atoms with Gasteiger partial charge in [-0.1, -0.05) is 6.92 Å². The molecule has 2 heterocycles. The highest BCUT2D eigenvalue weighted by Gasteiger charge is 2.31. The first-order chi connectivity index (χ1) is 9.00. The Hall–Kier alpha value is -0.160. The van der Waals surface area contributed by atoms with Gasteiger partial charge in [-0.05, 0) is 27.3 Å². The lowest BCUT2D eigenvalue weighted by atomic mass is 10.0. The molecule has 0 aromatic carbocycles. The molecule has 112 valence electrons. The number of rotatable bonds is 4. The Labute approximate surface area is 118 Å². The van der Waals surface area contributed by atoms with Gasteiger partial charge < -0.3 is 15.0 Å². The third kappa shape index (κ3) is 4.15. The van der Waals surface area contributed by atoms with Gasteiger partial charge in [-0.25, -0.2) is 0 Å². The molecule has 0 radical (unpaired) electrons. The van der Waals surface area contributed by atoms with Crippen molar-refractivity contribution in [3.8, 4) is 0 Å². The van der Waals surface area contributed by atoms with Crippen LogP contribution < -0.4 is 5.32 Å². The Morgan fingerprint density at radius 2 is 1.79 bits per heavy atom. The van der Waals surface area contributed by atoms with Crippen molar-refractivity contribution < 1.29 is 4.74 Å². The fraction of sp³-hybridized carbons (Fsp3) is 1.00. The second-order valence-electron chi connectivity index (χ2n) is 6.92. The summed E-state index contributed by atoms with van der Waals surface area (Å²) in [6, 6.07) is 0.561. The van der Waals surface area contributed by atoms with Gasteiger partial charge in [-0.3, -0.25) is 4.90 Å². The van der Waals surface area contributed by atoms with Crippen molar-refractivity contribution >= 4 is 0 Å². The van der Waals surface area contributed by atoms with Crippen LogP contribution in [0, 0.1) is 5.92 Å². The van der Waals surface area contributed by atoms with E-state index in [0.717, 1.165) is 19.8 Å². The molecule has 0 amide bonds. The number of nitrogens with zero attached hydrogens (tertiary/aromatic N) is 2. The van der Waals surface area contributed by atoms with Crippen LogP contribution in [-0.2, 0) is 4.74 Å². The zero-order valence-electron chi connectivity index (χ0n) is 13.1. The number of hydrogen-bond acceptors (Lipinski definition) is 4. The Kier molecular flexibility index (Phi) is 5.23. The van der Waals surface area contributed by atoms with Crippen LogP contribution in [0.3, 0.4) is 0 Å². The minimum atomic E-state index is 0.314. The highest BCUT2D eigenvalue weighted by molar-refractivity contribution is 4.87. The molecule has 0 aromatic heterocycles. The van der Waals surface area contributed by atoms with E-state index < -0.39 is 0 Å². The van der Waals surface area contributed by atoms with Crippen molar-refractivity contribution in [1.29, 1.82) is 0 Å². The van der Waals surface area contributed by atoms with Crippen molar-refractivity contribution in [2.75, 3.05) is 52.5 Å². The smallest absolute Gasteiger partial charge is 0.0623 e. The molecule has 2 fully saturated rings. The van der Waals surface area contributed by atoms with Crippen LogP contribution >= 0.6 is 0 Å². The molecular weight excluding hydrogens is 238 g/mol. The molecule has 2 atom stereocenters. The summed E-state index contributed by atoms with van der Waals surface area (Å²) in [5, 5.41) is 3.56. The fourth-order valence-electron chi connectivity index (χ4n) is 3.20. The van der Waals surface area contributed by atoms with E-state index in [4.69, 9.17) is 4.74 Å². The Bertz CT molecular complexity index is 269. The summed E-state index contributed by atoms with van der Waals surface area (Å²) in [6.45, 7) is 18.0. The quantitative estimate of drug-likeness (QED) is 0.825. The van der Waals surface area contributed by atoms with E-state index in [1.165, 1.54) is 32.7 Å². The first kappa shape index (κ1) is 15.2. The maximum absolute atomic E-state index is 5.64. The van der Waals surface area contributed by atoms with E-state index in [0.29, 0.717) is 17.5 Å². The topological polar surface area (TPSA) is 27.7 Å². The van der Waals surface area contributed by atoms with E-state index in [1.54, 1.807) is 0 Å². The van der Waals surface area contributed by atoms with E-state index in [-0.39, 0.29) is 0 Å². The summed E-state index contributed by atoms with van der Waals surface area (Å²) in [6.07, 6.45) is 0. The molecular formula is C15H31N3O. The molecule has 4 heteroatoms. The van der Waals surface area contributed by atoms with Gasteiger partial charge >= 0.3 is 0 Å². The lowest BCUT2D eigenvalue weighted by Gasteiger charge is -2.43. The van der Waals surface area contributed by atoms with Crippen LogP contribution in [-0.4, -0.2) is 73.9 Å². The Morgan fingerprint density at radius 1 is 1.11 bits per heavy atom. The first-order valence-electron chi connectivity index (χ1n) is 7.79. The summed E-state index contributed by atoms with van der Waals surface area (Å²) in [4.78, 5) is 5.21. The van der Waals surface area contributed by atoms with Gasteiger partial charge in [0.05, 0.1) is 13.2 Å². The van der Waals surface area contributed by atoms with E-state index >= 15 is 0 Å². The number of nitrogens with one attached hydrogen (secondary N) is 1. The van der Waals surface area contributed by atoms with Gasteiger partial charge in [-0.2, -0.15) is 0 Å². The zero-order chi connectivity index (χ0) is 13.9. The SMILES string of the molecule is CCNC1COCC1CN1CCN(C(C)(C)C)CC1. The molecule has 0 spiro atoms. The molecule has 4 nitrogen and oxygen atoms in total. The second kappa shape index (κ2) is 6.53. The molecule has 2 unspecified atom stereocenters. The summed E-state index contributed by atoms with van der Waals surface area (Å²) < 4.78 is 5.64. The maximum atomic E-state index is 5.64. The van der Waals surface area contributed by atoms with Gasteiger partial charge in [0.1, 0.15) is 0 Å². The van der Waals surface area contributed by atoms with Gasteiger partial charge in [0, 0.05) is 50.2 Å². The summed E-state index contributed by atoms with van der Waals surface area (Å²) in [7, 11) is 0. The van der Waals surface area contributed by atoms with Gasteiger partial charge in [0.2, 0.25) is 0 Å². The molecule has 0 bridgehead atoms. The number of hydrogen-bond donors (Lipinski definition) is 1. The van der Waals surface area contributed by atoms with Gasteiger partial charge in [0.15, 0.2) is 0 Å². The van der Waals surface area contributed by atoms with Crippen molar-refractivity contribution in [3.63, 3.8) is 0 Å². The molecule has 1 N–H and O–H groups in total. The third-order valence-corrected chi connectivity index (χ3v) is 4.48. The van der Waals surface area contributed by atoms with E-state index in [1.807, 2.05) is 0 Å². The standard InChI is InChI=1S/C15H31N3O/c1-5-16-14-12-19-11-13(14)10-17-6-8-18(9-7-17)15(2,3)4/h13-14,16H,5-12H2,1-4H3. The summed E-state index contributed by atoms with van der Waals surface area (Å²) in [5.74, 6) is 0.668. The normalized spacial score (nSPS) is 30.9. The summed E-state index contributed by atoms with van der Waals surface area (Å²) in [5.41, 5.74) is 0.314. The van der Waals surface area contributed by atoms with Crippen molar-refractivity contribution in [1.82, 2.24) is 15.1 Å². The molecule has 19 heavy (non-hydrogen) atoms. The highest BCUT2D eigenvalue weighted by Crippen LogP contribution is 2.19. The van der Waals surface area contributed by atoms with Gasteiger partial charge in [-0.15, -0.1) is 0 Å². The van der Waals surface area contributed by atoms with E-state index in [9.17, 15) is 0 Å². The lowest BCUT2D eigenvalue weighted by molar-refractivity contribution is 0.0527. The minimum Gasteiger partial charge on any atom is -0.379 e. The lowest BCUT2D eigenvalue weighted by Crippen LogP contribution is -2.55. The monoisotopic (exact) mass is 269 g/mol. The Balaban J connectivity index is 1.76. The predicted molar refractivity (Wildman–Crippen MR) is 79.5 cm³/mol. The van der Waals surface area contributed by atoms with Crippen LogP contribution in [0.4, 0.5) is 0 Å². The van der Waals surface area contributed by atoms with Crippen LogP contribution in [0.1, 0.15) is 27.7 Å². The van der Waals surface area contributed by atoms with Crippen LogP contribution in [0.25, 0.3) is 0 Å². The summed E-state index contributed by atoms with van der Waals surface area (Å²) >= 11 is 0. The van der Waals surface area contributed by atoms with Crippen molar-refractivity contribution in [2.45, 2.75) is 39.3 Å². The third-order valence-electron chi connectivity index (χ3n) is 4.48. The number of likely N-dealkylation sites (N-methyl/N-ethyl adjacent to an activating group) is 1. The zero-order valence-corrected chi connectivity index (χ0v) is 13.1. The fourth-order valence-corrected chi connectivity index (χ4v) is 3.20. The maximum Gasteiger partial charge on any atom is 0.0623 e. The average Bonchev–Trinajstić information content (AvgIpc) is 2.77. The van der Waals surface area contributed by atoms with Gasteiger partial charge in [0.25, 0.3) is 0 Å². The number of ether oxygens (including phenoxy) is 1. The molecule has 2 saturated heterocycles. The highest BCUT2D eigenvalue weighted by atomic mass is 16.5. The van der Waals surface area contributed by atoms with Crippen LogP contribution in [0.5, 0.6) is 0 Å². The molecule has 0 aliphatic carbocycles. The molecule has 2 aliphatic rings. The van der Waals surface area contributed by atoms with E-state index in [2.05, 4.69) is 42.8 Å².